The Labute approximate surface area is 135 Å². The molecule has 4 nitrogen and oxygen atoms in total. The Morgan fingerprint density at radius 2 is 2.13 bits per heavy atom. The molecule has 1 aliphatic heterocycles. The summed E-state index contributed by atoms with van der Waals surface area (Å²) in [6.07, 6.45) is 5.90. The maximum Gasteiger partial charge on any atom is 0.336 e. The zero-order chi connectivity index (χ0) is 16.4. The number of hydrogen-bond acceptors (Lipinski definition) is 4. The summed E-state index contributed by atoms with van der Waals surface area (Å²) in [6.45, 7) is 6.73. The second-order valence-electron chi connectivity index (χ2n) is 6.36. The van der Waals surface area contributed by atoms with Gasteiger partial charge in [-0.05, 0) is 38.0 Å². The highest BCUT2D eigenvalue weighted by Crippen LogP contribution is 2.37. The second kappa shape index (κ2) is 6.20. The fourth-order valence-electron chi connectivity index (χ4n) is 2.86. The van der Waals surface area contributed by atoms with Gasteiger partial charge >= 0.3 is 5.63 Å². The summed E-state index contributed by atoms with van der Waals surface area (Å²) in [6, 6.07) is 7.04. The third kappa shape index (κ3) is 3.32. The molecule has 0 N–H and O–H groups in total. The van der Waals surface area contributed by atoms with Crippen LogP contribution in [0.5, 0.6) is 5.75 Å². The van der Waals surface area contributed by atoms with Crippen LogP contribution in [-0.4, -0.2) is 18.3 Å². The van der Waals surface area contributed by atoms with Crippen molar-refractivity contribution in [1.29, 1.82) is 0 Å². The molecule has 0 saturated heterocycles. The maximum atomic E-state index is 11.4. The summed E-state index contributed by atoms with van der Waals surface area (Å²) in [5.74, 6) is 0.765. The van der Waals surface area contributed by atoms with Crippen LogP contribution in [0.15, 0.2) is 45.6 Å². The lowest BCUT2D eigenvalue weighted by molar-refractivity contribution is -0.0754. The molecule has 1 aromatic heterocycles. The van der Waals surface area contributed by atoms with Gasteiger partial charge in [0.15, 0.2) is 0 Å². The lowest BCUT2D eigenvalue weighted by atomic mass is 9.90. The summed E-state index contributed by atoms with van der Waals surface area (Å²) >= 11 is 0. The van der Waals surface area contributed by atoms with Gasteiger partial charge in [-0.15, -0.1) is 0 Å². The minimum atomic E-state index is -0.435. The summed E-state index contributed by atoms with van der Waals surface area (Å²) in [5, 5.41) is 0.899. The molecule has 1 aromatic carbocycles. The molecule has 0 fully saturated rings. The van der Waals surface area contributed by atoms with E-state index in [1.807, 2.05) is 26.0 Å². The van der Waals surface area contributed by atoms with Gasteiger partial charge < -0.3 is 13.9 Å². The van der Waals surface area contributed by atoms with Crippen molar-refractivity contribution in [3.8, 4) is 5.75 Å². The van der Waals surface area contributed by atoms with Crippen LogP contribution in [0.2, 0.25) is 0 Å². The molecule has 0 radical (unpaired) electrons. The van der Waals surface area contributed by atoms with Crippen LogP contribution >= 0.6 is 0 Å². The van der Waals surface area contributed by atoms with Crippen molar-refractivity contribution in [3.05, 3.63) is 52.4 Å². The Morgan fingerprint density at radius 3 is 2.91 bits per heavy atom. The molecule has 1 atom stereocenters. The van der Waals surface area contributed by atoms with Crippen molar-refractivity contribution >= 4 is 11.0 Å². The van der Waals surface area contributed by atoms with Gasteiger partial charge in [-0.3, -0.25) is 0 Å². The molecular formula is C19H22O4. The van der Waals surface area contributed by atoms with Crippen molar-refractivity contribution in [3.63, 3.8) is 0 Å². The third-order valence-electron chi connectivity index (χ3n) is 4.15. The molecule has 4 heteroatoms. The molecule has 1 aliphatic rings. The molecule has 0 aliphatic carbocycles. The van der Waals surface area contributed by atoms with Crippen LogP contribution in [0.3, 0.4) is 0 Å². The van der Waals surface area contributed by atoms with E-state index in [-0.39, 0.29) is 11.7 Å². The van der Waals surface area contributed by atoms with E-state index < -0.39 is 5.60 Å². The summed E-state index contributed by atoms with van der Waals surface area (Å²) in [5.41, 5.74) is 0.847. The molecule has 0 amide bonds. The van der Waals surface area contributed by atoms with E-state index in [0.29, 0.717) is 12.2 Å². The molecule has 0 saturated carbocycles. The monoisotopic (exact) mass is 314 g/mol. The van der Waals surface area contributed by atoms with Crippen molar-refractivity contribution in [2.45, 2.75) is 45.3 Å². The Morgan fingerprint density at radius 1 is 1.30 bits per heavy atom. The molecule has 0 unspecified atom stereocenters. The minimum absolute atomic E-state index is 0.0234. The highest BCUT2D eigenvalue weighted by molar-refractivity contribution is 5.79. The number of hydrogen-bond donors (Lipinski definition) is 0. The lowest BCUT2D eigenvalue weighted by Crippen LogP contribution is -2.48. The largest absolute Gasteiger partial charge is 0.485 e. The van der Waals surface area contributed by atoms with Crippen molar-refractivity contribution in [2.75, 3.05) is 6.61 Å². The first-order valence-corrected chi connectivity index (χ1v) is 8.02. The molecule has 2 heterocycles. The predicted octanol–water partition coefficient (Wildman–Crippen LogP) is 3.86. The Hall–Kier alpha value is -2.07. The summed E-state index contributed by atoms with van der Waals surface area (Å²) in [4.78, 5) is 11.4. The lowest BCUT2D eigenvalue weighted by Gasteiger charge is -2.39. The van der Waals surface area contributed by atoms with Crippen LogP contribution in [0.25, 0.3) is 11.0 Å². The zero-order valence-corrected chi connectivity index (χ0v) is 13.8. The smallest absolute Gasteiger partial charge is 0.336 e. The highest BCUT2D eigenvalue weighted by atomic mass is 16.6. The van der Waals surface area contributed by atoms with E-state index in [0.717, 1.165) is 29.5 Å². The van der Waals surface area contributed by atoms with Gasteiger partial charge in [0.25, 0.3) is 0 Å². The molecule has 3 rings (SSSR count). The van der Waals surface area contributed by atoms with E-state index in [1.165, 1.54) is 6.07 Å². The molecule has 122 valence electrons. The van der Waals surface area contributed by atoms with E-state index in [2.05, 4.69) is 13.0 Å². The quantitative estimate of drug-likeness (QED) is 0.635. The SMILES string of the molecule is CC/C=C/CO[C@H]1Cc2cc3ccc(=O)oc3cc2OC1(C)C. The van der Waals surface area contributed by atoms with Gasteiger partial charge in [0.05, 0.1) is 6.61 Å². The Balaban J connectivity index is 1.89. The van der Waals surface area contributed by atoms with Gasteiger partial charge in [0.2, 0.25) is 0 Å². The second-order valence-corrected chi connectivity index (χ2v) is 6.36. The van der Waals surface area contributed by atoms with E-state index in [9.17, 15) is 4.79 Å². The van der Waals surface area contributed by atoms with Gasteiger partial charge in [0.1, 0.15) is 23.0 Å². The Kier molecular flexibility index (Phi) is 4.26. The molecule has 2 aromatic rings. The highest BCUT2D eigenvalue weighted by Gasteiger charge is 2.37. The number of ether oxygens (including phenoxy) is 2. The van der Waals surface area contributed by atoms with E-state index in [1.54, 1.807) is 12.1 Å². The van der Waals surface area contributed by atoms with Crippen LogP contribution in [0, 0.1) is 0 Å². The van der Waals surface area contributed by atoms with Gasteiger partial charge in [0, 0.05) is 23.9 Å². The van der Waals surface area contributed by atoms with Crippen LogP contribution in [0.1, 0.15) is 32.8 Å². The van der Waals surface area contributed by atoms with Crippen molar-refractivity contribution < 1.29 is 13.9 Å². The standard InChI is InChI=1S/C19H22O4/c1-4-5-6-9-21-17-11-14-10-13-7-8-18(20)22-15(13)12-16(14)23-19(17,2)3/h5-8,10,12,17H,4,9,11H2,1-3H3/b6-5+/t17-/m0/s1. The van der Waals surface area contributed by atoms with E-state index >= 15 is 0 Å². The number of fused-ring (bicyclic) bond motifs is 2. The average molecular weight is 314 g/mol. The van der Waals surface area contributed by atoms with Crippen molar-refractivity contribution in [2.24, 2.45) is 0 Å². The number of rotatable bonds is 4. The minimum Gasteiger partial charge on any atom is -0.485 e. The number of benzene rings is 1. The van der Waals surface area contributed by atoms with Crippen LogP contribution < -0.4 is 10.4 Å². The average Bonchev–Trinajstić information content (AvgIpc) is 2.49. The molecule has 0 spiro atoms. The first-order valence-electron chi connectivity index (χ1n) is 8.02. The topological polar surface area (TPSA) is 48.7 Å². The summed E-state index contributed by atoms with van der Waals surface area (Å²) < 4.78 is 17.4. The molecular weight excluding hydrogens is 292 g/mol. The summed E-state index contributed by atoms with van der Waals surface area (Å²) in [7, 11) is 0. The van der Waals surface area contributed by atoms with Gasteiger partial charge in [-0.25, -0.2) is 4.79 Å². The Bertz CT molecular complexity index is 786. The first-order chi connectivity index (χ1) is 11.0. The zero-order valence-electron chi connectivity index (χ0n) is 13.8. The normalized spacial score (nSPS) is 19.7. The van der Waals surface area contributed by atoms with E-state index in [4.69, 9.17) is 13.9 Å². The predicted molar refractivity (Wildman–Crippen MR) is 90.1 cm³/mol. The molecule has 0 bridgehead atoms. The first kappa shape index (κ1) is 15.8. The third-order valence-corrected chi connectivity index (χ3v) is 4.15. The van der Waals surface area contributed by atoms with Crippen LogP contribution in [-0.2, 0) is 11.2 Å². The molecule has 23 heavy (non-hydrogen) atoms. The van der Waals surface area contributed by atoms with Gasteiger partial charge in [-0.2, -0.15) is 0 Å². The van der Waals surface area contributed by atoms with Crippen LogP contribution in [0.4, 0.5) is 0 Å². The maximum absolute atomic E-state index is 11.4. The van der Waals surface area contributed by atoms with Gasteiger partial charge in [-0.1, -0.05) is 19.1 Å². The number of allylic oxidation sites excluding steroid dienone is 1. The fraction of sp³-hybridized carbons (Fsp3) is 0.421. The van der Waals surface area contributed by atoms with Crippen molar-refractivity contribution in [1.82, 2.24) is 0 Å². The fourth-order valence-corrected chi connectivity index (χ4v) is 2.86.